The third-order valence-corrected chi connectivity index (χ3v) is 5.40. The number of fused-ring (bicyclic) bond motifs is 2. The van der Waals surface area contributed by atoms with Crippen LogP contribution < -0.4 is 16.6 Å². The third kappa shape index (κ3) is 3.39. The molecule has 0 amide bonds. The zero-order valence-corrected chi connectivity index (χ0v) is 17.7. The fourth-order valence-electron chi connectivity index (χ4n) is 3.73. The molecule has 156 valence electrons. The summed E-state index contributed by atoms with van der Waals surface area (Å²) in [6.45, 7) is 1.95. The lowest BCUT2D eigenvalue weighted by atomic mass is 10.0. The average Bonchev–Trinajstić information content (AvgIpc) is 3.09. The number of hydrogen-bond donors (Lipinski definition) is 1. The van der Waals surface area contributed by atoms with E-state index in [9.17, 15) is 9.59 Å². The molecule has 0 saturated carbocycles. The minimum Gasteiger partial charge on any atom is -0.354 e. The van der Waals surface area contributed by atoms with Crippen LogP contribution in [0.5, 0.6) is 0 Å². The summed E-state index contributed by atoms with van der Waals surface area (Å²) in [4.78, 5) is 32.1. The van der Waals surface area contributed by atoms with Crippen molar-refractivity contribution in [1.82, 2.24) is 23.6 Å². The Morgan fingerprint density at radius 2 is 1.73 bits per heavy atom. The van der Waals surface area contributed by atoms with E-state index in [1.165, 1.54) is 11.6 Å². The van der Waals surface area contributed by atoms with Crippen molar-refractivity contribution in [2.45, 2.75) is 6.54 Å². The van der Waals surface area contributed by atoms with Crippen molar-refractivity contribution in [3.63, 3.8) is 0 Å². The molecule has 30 heavy (non-hydrogen) atoms. The number of hydrogen-bond acceptors (Lipinski definition) is 5. The van der Waals surface area contributed by atoms with Crippen molar-refractivity contribution in [1.29, 1.82) is 0 Å². The standard InChI is InChI=1S/C22H26N6O2/c1-25(2)13-12-23-21-24-19-18(20(29)27(4)22(30)26(19)3)28(21)14-16-10-7-9-15-8-5-6-11-17(15)16/h5-11H,12-14H2,1-4H3,(H,23,24). The molecule has 2 heterocycles. The van der Waals surface area contributed by atoms with Crippen LogP contribution in [0.2, 0.25) is 0 Å². The Bertz CT molecular complexity index is 1340. The highest BCUT2D eigenvalue weighted by atomic mass is 16.2. The summed E-state index contributed by atoms with van der Waals surface area (Å²) >= 11 is 0. The van der Waals surface area contributed by atoms with Crippen molar-refractivity contribution in [3.8, 4) is 0 Å². The Morgan fingerprint density at radius 1 is 1.00 bits per heavy atom. The van der Waals surface area contributed by atoms with Crippen LogP contribution in [0.3, 0.4) is 0 Å². The third-order valence-electron chi connectivity index (χ3n) is 5.40. The number of benzene rings is 2. The smallest absolute Gasteiger partial charge is 0.332 e. The molecule has 0 bridgehead atoms. The summed E-state index contributed by atoms with van der Waals surface area (Å²) in [6, 6.07) is 14.3. The zero-order chi connectivity index (χ0) is 21.4. The maximum Gasteiger partial charge on any atom is 0.332 e. The van der Waals surface area contributed by atoms with Crippen LogP contribution >= 0.6 is 0 Å². The van der Waals surface area contributed by atoms with E-state index in [1.54, 1.807) is 7.05 Å². The molecule has 8 heteroatoms. The summed E-state index contributed by atoms with van der Waals surface area (Å²) in [5.41, 5.74) is 1.15. The van der Waals surface area contributed by atoms with E-state index in [2.05, 4.69) is 39.5 Å². The van der Waals surface area contributed by atoms with Crippen LogP contribution in [0.4, 0.5) is 5.95 Å². The Hall–Kier alpha value is -3.39. The molecular weight excluding hydrogens is 380 g/mol. The average molecular weight is 406 g/mol. The van der Waals surface area contributed by atoms with Crippen molar-refractivity contribution in [3.05, 3.63) is 68.9 Å². The molecule has 0 spiro atoms. The molecule has 0 saturated heterocycles. The van der Waals surface area contributed by atoms with Gasteiger partial charge < -0.3 is 10.2 Å². The largest absolute Gasteiger partial charge is 0.354 e. The SMILES string of the molecule is CN(C)CCNc1nc2c(c(=O)n(C)c(=O)n2C)n1Cc1cccc2ccccc12. The molecule has 4 rings (SSSR count). The fraction of sp³-hybridized carbons (Fsp3) is 0.318. The minimum absolute atomic E-state index is 0.346. The van der Waals surface area contributed by atoms with Gasteiger partial charge in [0.1, 0.15) is 0 Å². The van der Waals surface area contributed by atoms with Gasteiger partial charge in [0.05, 0.1) is 6.54 Å². The number of aryl methyl sites for hydroxylation is 1. The first-order valence-corrected chi connectivity index (χ1v) is 9.90. The molecule has 0 unspecified atom stereocenters. The van der Waals surface area contributed by atoms with Gasteiger partial charge in [-0.2, -0.15) is 4.98 Å². The van der Waals surface area contributed by atoms with E-state index in [0.717, 1.165) is 27.4 Å². The maximum absolute atomic E-state index is 13.0. The predicted molar refractivity (Wildman–Crippen MR) is 120 cm³/mol. The van der Waals surface area contributed by atoms with Gasteiger partial charge in [-0.05, 0) is 30.4 Å². The monoisotopic (exact) mass is 406 g/mol. The molecule has 2 aromatic heterocycles. The Kier molecular flexibility index (Phi) is 5.17. The van der Waals surface area contributed by atoms with Crippen LogP contribution in [-0.2, 0) is 20.6 Å². The molecule has 1 N–H and O–H groups in total. The highest BCUT2D eigenvalue weighted by Gasteiger charge is 2.19. The molecule has 0 aliphatic rings. The van der Waals surface area contributed by atoms with Gasteiger partial charge in [0.15, 0.2) is 11.2 Å². The van der Waals surface area contributed by atoms with Crippen LogP contribution in [0.1, 0.15) is 5.56 Å². The first-order chi connectivity index (χ1) is 14.4. The highest BCUT2D eigenvalue weighted by molar-refractivity contribution is 5.86. The number of rotatable bonds is 6. The fourth-order valence-corrected chi connectivity index (χ4v) is 3.73. The second kappa shape index (κ2) is 7.79. The summed E-state index contributed by atoms with van der Waals surface area (Å²) < 4.78 is 4.44. The first kappa shape index (κ1) is 19.9. The predicted octanol–water partition coefficient (Wildman–Crippen LogP) is 1.61. The number of imidazole rings is 1. The van der Waals surface area contributed by atoms with E-state index in [-0.39, 0.29) is 11.2 Å². The van der Waals surface area contributed by atoms with E-state index in [1.807, 2.05) is 36.9 Å². The normalized spacial score (nSPS) is 11.6. The van der Waals surface area contributed by atoms with Crippen LogP contribution in [0.25, 0.3) is 21.9 Å². The molecule has 8 nitrogen and oxygen atoms in total. The van der Waals surface area contributed by atoms with Crippen LogP contribution in [0.15, 0.2) is 52.1 Å². The van der Waals surface area contributed by atoms with Gasteiger partial charge in [-0.25, -0.2) is 4.79 Å². The number of aromatic nitrogens is 4. The number of nitrogens with one attached hydrogen (secondary N) is 1. The van der Waals surface area contributed by atoms with Crippen LogP contribution in [-0.4, -0.2) is 50.8 Å². The van der Waals surface area contributed by atoms with Gasteiger partial charge >= 0.3 is 5.69 Å². The minimum atomic E-state index is -0.387. The zero-order valence-electron chi connectivity index (χ0n) is 17.7. The molecule has 4 aromatic rings. The van der Waals surface area contributed by atoms with E-state index < -0.39 is 0 Å². The number of likely N-dealkylation sites (N-methyl/N-ethyl adjacent to an activating group) is 1. The van der Waals surface area contributed by atoms with E-state index in [0.29, 0.717) is 30.2 Å². The van der Waals surface area contributed by atoms with E-state index >= 15 is 0 Å². The van der Waals surface area contributed by atoms with Gasteiger partial charge in [0.2, 0.25) is 5.95 Å². The lowest BCUT2D eigenvalue weighted by Gasteiger charge is -2.14. The summed E-state index contributed by atoms with van der Waals surface area (Å²) in [5.74, 6) is 0.582. The molecule has 0 aliphatic heterocycles. The molecule has 0 radical (unpaired) electrons. The van der Waals surface area contributed by atoms with Gasteiger partial charge in [-0.15, -0.1) is 0 Å². The van der Waals surface area contributed by atoms with Gasteiger partial charge in [-0.3, -0.25) is 18.5 Å². The molecule has 2 aromatic carbocycles. The van der Waals surface area contributed by atoms with Gasteiger partial charge in [0.25, 0.3) is 5.56 Å². The lowest BCUT2D eigenvalue weighted by molar-refractivity contribution is 0.424. The summed E-state index contributed by atoms with van der Waals surface area (Å²) in [7, 11) is 7.14. The van der Waals surface area contributed by atoms with Crippen molar-refractivity contribution < 1.29 is 0 Å². The second-order valence-electron chi connectivity index (χ2n) is 7.77. The second-order valence-corrected chi connectivity index (χ2v) is 7.77. The van der Waals surface area contributed by atoms with Crippen molar-refractivity contribution >= 4 is 27.9 Å². The molecule has 0 atom stereocenters. The quantitative estimate of drug-likeness (QED) is 0.526. The van der Waals surface area contributed by atoms with Crippen LogP contribution in [0, 0.1) is 0 Å². The Labute approximate surface area is 174 Å². The molecule has 0 fully saturated rings. The Morgan fingerprint density at radius 3 is 2.50 bits per heavy atom. The van der Waals surface area contributed by atoms with Gasteiger partial charge in [0, 0.05) is 27.2 Å². The number of nitrogens with zero attached hydrogens (tertiary/aromatic N) is 5. The Balaban J connectivity index is 1.91. The summed E-state index contributed by atoms with van der Waals surface area (Å²) in [5, 5.41) is 5.61. The van der Waals surface area contributed by atoms with E-state index in [4.69, 9.17) is 0 Å². The highest BCUT2D eigenvalue weighted by Crippen LogP contribution is 2.23. The topological polar surface area (TPSA) is 77.1 Å². The maximum atomic E-state index is 13.0. The number of anilines is 1. The van der Waals surface area contributed by atoms with Crippen molar-refractivity contribution in [2.24, 2.45) is 14.1 Å². The summed E-state index contributed by atoms with van der Waals surface area (Å²) in [6.07, 6.45) is 0. The van der Waals surface area contributed by atoms with Gasteiger partial charge in [-0.1, -0.05) is 42.5 Å². The molecular formula is C22H26N6O2. The lowest BCUT2D eigenvalue weighted by Crippen LogP contribution is -2.37. The van der Waals surface area contributed by atoms with Crippen molar-refractivity contribution in [2.75, 3.05) is 32.5 Å². The first-order valence-electron chi connectivity index (χ1n) is 9.90. The molecule has 0 aliphatic carbocycles.